The van der Waals surface area contributed by atoms with Crippen molar-refractivity contribution < 1.29 is 8.42 Å². The molecule has 1 aliphatic heterocycles. The number of fused-ring (bicyclic) bond motifs is 1. The van der Waals surface area contributed by atoms with E-state index in [1.54, 1.807) is 11.3 Å². The molecule has 20 heavy (non-hydrogen) atoms. The van der Waals surface area contributed by atoms with E-state index in [1.165, 1.54) is 4.88 Å². The first-order chi connectivity index (χ1) is 9.47. The Morgan fingerprint density at radius 3 is 3.00 bits per heavy atom. The van der Waals surface area contributed by atoms with Crippen molar-refractivity contribution in [1.29, 1.82) is 0 Å². The van der Waals surface area contributed by atoms with Crippen molar-refractivity contribution in [2.75, 3.05) is 12.3 Å². The largest absolute Gasteiger partial charge is 0.310 e. The highest BCUT2D eigenvalue weighted by Crippen LogP contribution is 2.21. The molecule has 110 valence electrons. The second kappa shape index (κ2) is 5.13. The molecule has 1 fully saturated rings. The Morgan fingerprint density at radius 2 is 2.30 bits per heavy atom. The van der Waals surface area contributed by atoms with Crippen LogP contribution < -0.4 is 5.32 Å². The summed E-state index contributed by atoms with van der Waals surface area (Å²) in [5.74, 6) is 0.346. The topological polar surface area (TPSA) is 63.5 Å². The van der Waals surface area contributed by atoms with Crippen LogP contribution in [-0.2, 0) is 16.4 Å². The maximum absolute atomic E-state index is 11.8. The number of hydrogen-bond donors (Lipinski definition) is 1. The van der Waals surface area contributed by atoms with Crippen LogP contribution in [0.3, 0.4) is 0 Å². The maximum atomic E-state index is 11.8. The van der Waals surface area contributed by atoms with E-state index in [2.05, 4.69) is 27.8 Å². The number of nitrogens with one attached hydrogen (secondary N) is 1. The monoisotopic (exact) mass is 313 g/mol. The summed E-state index contributed by atoms with van der Waals surface area (Å²) in [6, 6.07) is 0. The molecular formula is C13H19N3O2S2. The lowest BCUT2D eigenvalue weighted by molar-refractivity contribution is 0.571. The smallest absolute Gasteiger partial charge is 0.194 e. The summed E-state index contributed by atoms with van der Waals surface area (Å²) in [5.41, 5.74) is 2.14. The first kappa shape index (κ1) is 14.0. The summed E-state index contributed by atoms with van der Waals surface area (Å²) in [4.78, 5) is 6.77. The van der Waals surface area contributed by atoms with Crippen LogP contribution in [0, 0.1) is 13.8 Å². The van der Waals surface area contributed by atoms with Crippen LogP contribution in [0.4, 0.5) is 0 Å². The van der Waals surface area contributed by atoms with E-state index in [0.29, 0.717) is 18.8 Å². The Labute approximate surface area is 122 Å². The normalized spacial score (nSPS) is 21.8. The zero-order valence-electron chi connectivity index (χ0n) is 11.7. The molecule has 3 heterocycles. The number of thiazole rings is 1. The molecule has 7 heteroatoms. The standard InChI is InChI=1S/C13H19N3O2S2/c1-9-8-16-12(10(2)15-13(16)19-9)7-14-6-11-4-3-5-20(11,17)18/h8,11,14H,3-7H2,1-2H3. The van der Waals surface area contributed by atoms with E-state index >= 15 is 0 Å². The van der Waals surface area contributed by atoms with Crippen LogP contribution in [0.5, 0.6) is 0 Å². The summed E-state index contributed by atoms with van der Waals surface area (Å²) in [6.45, 7) is 5.27. The second-order valence-corrected chi connectivity index (χ2v) is 9.01. The highest BCUT2D eigenvalue weighted by atomic mass is 32.2. The first-order valence-electron chi connectivity index (χ1n) is 6.83. The van der Waals surface area contributed by atoms with Crippen LogP contribution in [0.15, 0.2) is 6.20 Å². The fourth-order valence-corrected chi connectivity index (χ4v) is 5.45. The van der Waals surface area contributed by atoms with Crippen LogP contribution >= 0.6 is 11.3 Å². The molecule has 0 saturated carbocycles. The molecular weight excluding hydrogens is 294 g/mol. The molecule has 0 aliphatic carbocycles. The van der Waals surface area contributed by atoms with E-state index in [4.69, 9.17) is 0 Å². The third-order valence-corrected chi connectivity index (χ3v) is 7.04. The predicted octanol–water partition coefficient (Wildman–Crippen LogP) is 1.68. The van der Waals surface area contributed by atoms with E-state index in [-0.39, 0.29) is 5.25 Å². The lowest BCUT2D eigenvalue weighted by Crippen LogP contribution is -2.30. The lowest BCUT2D eigenvalue weighted by Gasteiger charge is -2.10. The highest BCUT2D eigenvalue weighted by Gasteiger charge is 2.30. The van der Waals surface area contributed by atoms with Crippen LogP contribution in [0.1, 0.15) is 29.1 Å². The summed E-state index contributed by atoms with van der Waals surface area (Å²) in [7, 11) is -2.86. The fraction of sp³-hybridized carbons (Fsp3) is 0.615. The molecule has 0 bridgehead atoms. The van der Waals surface area contributed by atoms with Crippen molar-refractivity contribution in [1.82, 2.24) is 14.7 Å². The first-order valence-corrected chi connectivity index (χ1v) is 9.37. The average molecular weight is 313 g/mol. The Morgan fingerprint density at radius 1 is 1.50 bits per heavy atom. The molecule has 0 spiro atoms. The Hall–Kier alpha value is -0.920. The third-order valence-electron chi connectivity index (χ3n) is 3.87. The molecule has 0 amide bonds. The van der Waals surface area contributed by atoms with Gasteiger partial charge in [0.25, 0.3) is 0 Å². The lowest BCUT2D eigenvalue weighted by atomic mass is 10.2. The van der Waals surface area contributed by atoms with Crippen molar-refractivity contribution in [2.45, 2.75) is 38.5 Å². The van der Waals surface area contributed by atoms with Gasteiger partial charge >= 0.3 is 0 Å². The van der Waals surface area contributed by atoms with Gasteiger partial charge in [-0.25, -0.2) is 13.4 Å². The second-order valence-electron chi connectivity index (χ2n) is 5.40. The van der Waals surface area contributed by atoms with Gasteiger partial charge < -0.3 is 5.32 Å². The van der Waals surface area contributed by atoms with Crippen LogP contribution in [0.2, 0.25) is 0 Å². The van der Waals surface area contributed by atoms with Gasteiger partial charge in [-0.2, -0.15) is 0 Å². The number of hydrogen-bond acceptors (Lipinski definition) is 5. The van der Waals surface area contributed by atoms with Crippen LogP contribution in [0.25, 0.3) is 4.96 Å². The van der Waals surface area contributed by atoms with E-state index in [1.807, 2.05) is 6.92 Å². The van der Waals surface area contributed by atoms with Crippen molar-refractivity contribution in [3.63, 3.8) is 0 Å². The van der Waals surface area contributed by atoms with Gasteiger partial charge in [0, 0.05) is 24.2 Å². The molecule has 2 aromatic rings. The van der Waals surface area contributed by atoms with Crippen molar-refractivity contribution in [2.24, 2.45) is 0 Å². The number of aryl methyl sites for hydroxylation is 2. The number of aromatic nitrogens is 2. The van der Waals surface area contributed by atoms with Gasteiger partial charge in [0.15, 0.2) is 14.8 Å². The molecule has 1 aliphatic rings. The van der Waals surface area contributed by atoms with Crippen molar-refractivity contribution in [3.05, 3.63) is 22.5 Å². The SMILES string of the molecule is Cc1cn2c(CNCC3CCCS3(=O)=O)c(C)nc2s1. The number of sulfone groups is 1. The summed E-state index contributed by atoms with van der Waals surface area (Å²) in [6.07, 6.45) is 3.67. The Balaban J connectivity index is 1.69. The maximum Gasteiger partial charge on any atom is 0.194 e. The fourth-order valence-electron chi connectivity index (χ4n) is 2.76. The molecule has 3 rings (SSSR count). The van der Waals surface area contributed by atoms with Gasteiger partial charge in [-0.3, -0.25) is 4.40 Å². The molecule has 1 saturated heterocycles. The van der Waals surface area contributed by atoms with E-state index < -0.39 is 9.84 Å². The molecule has 1 atom stereocenters. The van der Waals surface area contributed by atoms with Crippen LogP contribution in [-0.4, -0.2) is 35.4 Å². The quantitative estimate of drug-likeness (QED) is 0.933. The minimum Gasteiger partial charge on any atom is -0.310 e. The number of imidazole rings is 1. The minimum absolute atomic E-state index is 0.213. The van der Waals surface area contributed by atoms with Gasteiger partial charge in [-0.05, 0) is 26.7 Å². The van der Waals surface area contributed by atoms with Crippen molar-refractivity contribution in [3.8, 4) is 0 Å². The van der Waals surface area contributed by atoms with E-state index in [9.17, 15) is 8.42 Å². The van der Waals surface area contributed by atoms with Crippen molar-refractivity contribution >= 4 is 26.1 Å². The molecule has 0 radical (unpaired) electrons. The van der Waals surface area contributed by atoms with Gasteiger partial charge in [0.2, 0.25) is 0 Å². The highest BCUT2D eigenvalue weighted by molar-refractivity contribution is 7.92. The molecule has 0 aromatic carbocycles. The van der Waals surface area contributed by atoms with Gasteiger partial charge in [-0.1, -0.05) is 0 Å². The minimum atomic E-state index is -2.86. The molecule has 2 aromatic heterocycles. The van der Waals surface area contributed by atoms with Gasteiger partial charge in [-0.15, -0.1) is 11.3 Å². The van der Waals surface area contributed by atoms with E-state index in [0.717, 1.165) is 29.2 Å². The number of nitrogens with zero attached hydrogens (tertiary/aromatic N) is 2. The van der Waals surface area contributed by atoms with Gasteiger partial charge in [0.1, 0.15) is 0 Å². The summed E-state index contributed by atoms with van der Waals surface area (Å²) < 4.78 is 25.7. The Bertz CT molecular complexity index is 730. The van der Waals surface area contributed by atoms with Gasteiger partial charge in [0.05, 0.1) is 22.4 Å². The molecule has 5 nitrogen and oxygen atoms in total. The molecule has 1 unspecified atom stereocenters. The zero-order chi connectivity index (χ0) is 14.3. The third kappa shape index (κ3) is 2.49. The molecule has 1 N–H and O–H groups in total. The average Bonchev–Trinajstić information content (AvgIpc) is 2.95. The summed E-state index contributed by atoms with van der Waals surface area (Å²) in [5, 5.41) is 3.08. The summed E-state index contributed by atoms with van der Waals surface area (Å²) >= 11 is 1.67. The Kier molecular flexibility index (Phi) is 3.60. The zero-order valence-corrected chi connectivity index (χ0v) is 13.4. The number of rotatable bonds is 4. The predicted molar refractivity (Wildman–Crippen MR) is 81.1 cm³/mol.